The third-order valence-corrected chi connectivity index (χ3v) is 4.81. The summed E-state index contributed by atoms with van der Waals surface area (Å²) in [6.07, 6.45) is 0. The third kappa shape index (κ3) is 4.58. The van der Waals surface area contributed by atoms with Crippen LogP contribution in [0.25, 0.3) is 0 Å². The molecule has 0 radical (unpaired) electrons. The average Bonchev–Trinajstić information content (AvgIpc) is 2.67. The summed E-state index contributed by atoms with van der Waals surface area (Å²) in [5, 5.41) is 2.91. The van der Waals surface area contributed by atoms with Gasteiger partial charge in [0.25, 0.3) is 0 Å². The summed E-state index contributed by atoms with van der Waals surface area (Å²) in [5.41, 5.74) is 1.87. The monoisotopic (exact) mass is 359 g/mol. The Morgan fingerprint density at radius 1 is 0.962 bits per heavy atom. The standard InChI is InChI=1S/C20H23F2N3O/c1-15(20(26)23-14-16-2-4-17(21)5-3-16)24-10-12-25(13-11-24)19-8-6-18(22)7-9-19/h2-9,15H,10-14H2,1H3,(H,23,26)/t15-/m0/s1. The molecule has 138 valence electrons. The Bertz CT molecular complexity index is 726. The predicted octanol–water partition coefficient (Wildman–Crippen LogP) is 2.79. The zero-order chi connectivity index (χ0) is 18.5. The molecule has 0 bridgehead atoms. The first-order valence-electron chi connectivity index (χ1n) is 8.79. The number of nitrogens with one attached hydrogen (secondary N) is 1. The van der Waals surface area contributed by atoms with Crippen LogP contribution in [-0.2, 0) is 11.3 Å². The zero-order valence-corrected chi connectivity index (χ0v) is 14.8. The van der Waals surface area contributed by atoms with Crippen molar-refractivity contribution in [3.8, 4) is 0 Å². The molecule has 2 aromatic rings. The predicted molar refractivity (Wildman–Crippen MR) is 97.9 cm³/mol. The summed E-state index contributed by atoms with van der Waals surface area (Å²) in [7, 11) is 0. The fourth-order valence-corrected chi connectivity index (χ4v) is 3.12. The van der Waals surface area contributed by atoms with E-state index in [0.29, 0.717) is 6.54 Å². The largest absolute Gasteiger partial charge is 0.369 e. The van der Waals surface area contributed by atoms with Crippen molar-refractivity contribution in [1.29, 1.82) is 0 Å². The number of carbonyl (C=O) groups excluding carboxylic acids is 1. The van der Waals surface area contributed by atoms with Gasteiger partial charge < -0.3 is 10.2 Å². The molecule has 1 amide bonds. The molecule has 3 rings (SSSR count). The van der Waals surface area contributed by atoms with Crippen molar-refractivity contribution in [2.45, 2.75) is 19.5 Å². The van der Waals surface area contributed by atoms with E-state index in [0.717, 1.165) is 37.4 Å². The van der Waals surface area contributed by atoms with Gasteiger partial charge in [-0.15, -0.1) is 0 Å². The second-order valence-electron chi connectivity index (χ2n) is 6.52. The Hall–Kier alpha value is -2.47. The number of anilines is 1. The summed E-state index contributed by atoms with van der Waals surface area (Å²) >= 11 is 0. The molecule has 4 nitrogen and oxygen atoms in total. The van der Waals surface area contributed by atoms with Gasteiger partial charge >= 0.3 is 0 Å². The van der Waals surface area contributed by atoms with E-state index in [4.69, 9.17) is 0 Å². The lowest BCUT2D eigenvalue weighted by atomic mass is 10.2. The number of hydrogen-bond acceptors (Lipinski definition) is 3. The Kier molecular flexibility index (Phi) is 5.83. The van der Waals surface area contributed by atoms with Crippen LogP contribution in [0.4, 0.5) is 14.5 Å². The topological polar surface area (TPSA) is 35.6 Å². The van der Waals surface area contributed by atoms with Crippen molar-refractivity contribution >= 4 is 11.6 Å². The maximum absolute atomic E-state index is 13.0. The van der Waals surface area contributed by atoms with Gasteiger partial charge in [0.2, 0.25) is 5.91 Å². The van der Waals surface area contributed by atoms with Crippen molar-refractivity contribution in [1.82, 2.24) is 10.2 Å². The number of halogens is 2. The Balaban J connectivity index is 1.48. The maximum atomic E-state index is 13.0. The lowest BCUT2D eigenvalue weighted by Crippen LogP contribution is -2.53. The van der Waals surface area contributed by atoms with Crippen LogP contribution in [0, 0.1) is 11.6 Å². The van der Waals surface area contributed by atoms with Gasteiger partial charge in [0.05, 0.1) is 6.04 Å². The van der Waals surface area contributed by atoms with Crippen molar-refractivity contribution < 1.29 is 13.6 Å². The van der Waals surface area contributed by atoms with Crippen molar-refractivity contribution in [2.75, 3.05) is 31.1 Å². The number of amides is 1. The van der Waals surface area contributed by atoms with Gasteiger partial charge in [-0.3, -0.25) is 9.69 Å². The van der Waals surface area contributed by atoms with Crippen LogP contribution < -0.4 is 10.2 Å². The molecule has 26 heavy (non-hydrogen) atoms. The molecule has 1 aliphatic rings. The van der Waals surface area contributed by atoms with E-state index in [1.807, 2.05) is 6.92 Å². The van der Waals surface area contributed by atoms with Crippen molar-refractivity contribution in [3.05, 3.63) is 65.7 Å². The summed E-state index contributed by atoms with van der Waals surface area (Å²) < 4.78 is 25.9. The minimum absolute atomic E-state index is 0.0374. The summed E-state index contributed by atoms with van der Waals surface area (Å²) in [4.78, 5) is 16.7. The van der Waals surface area contributed by atoms with E-state index in [1.165, 1.54) is 24.3 Å². The molecule has 0 spiro atoms. The van der Waals surface area contributed by atoms with Gasteiger partial charge in [0, 0.05) is 38.4 Å². The van der Waals surface area contributed by atoms with Crippen molar-refractivity contribution in [2.24, 2.45) is 0 Å². The molecule has 0 aliphatic carbocycles. The summed E-state index contributed by atoms with van der Waals surface area (Å²) in [6, 6.07) is 12.4. The van der Waals surface area contributed by atoms with E-state index in [2.05, 4.69) is 15.1 Å². The highest BCUT2D eigenvalue weighted by molar-refractivity contribution is 5.81. The molecule has 1 heterocycles. The maximum Gasteiger partial charge on any atom is 0.237 e. The van der Waals surface area contributed by atoms with Crippen LogP contribution in [0.5, 0.6) is 0 Å². The highest BCUT2D eigenvalue weighted by atomic mass is 19.1. The molecule has 0 unspecified atom stereocenters. The number of piperazine rings is 1. The van der Waals surface area contributed by atoms with Crippen LogP contribution in [0.15, 0.2) is 48.5 Å². The molecule has 0 aromatic heterocycles. The van der Waals surface area contributed by atoms with Crippen LogP contribution in [0.1, 0.15) is 12.5 Å². The molecule has 6 heteroatoms. The van der Waals surface area contributed by atoms with E-state index >= 15 is 0 Å². The number of rotatable bonds is 5. The molecule has 1 N–H and O–H groups in total. The third-order valence-electron chi connectivity index (χ3n) is 4.81. The fraction of sp³-hybridized carbons (Fsp3) is 0.350. The van der Waals surface area contributed by atoms with Crippen molar-refractivity contribution in [3.63, 3.8) is 0 Å². The lowest BCUT2D eigenvalue weighted by molar-refractivity contribution is -0.126. The normalized spacial score (nSPS) is 16.3. The van der Waals surface area contributed by atoms with E-state index in [1.54, 1.807) is 24.3 Å². The lowest BCUT2D eigenvalue weighted by Gasteiger charge is -2.38. The van der Waals surface area contributed by atoms with Gasteiger partial charge in [-0.1, -0.05) is 12.1 Å². The van der Waals surface area contributed by atoms with Gasteiger partial charge in [-0.2, -0.15) is 0 Å². The molecule has 2 aromatic carbocycles. The SMILES string of the molecule is C[C@@H](C(=O)NCc1ccc(F)cc1)N1CCN(c2ccc(F)cc2)CC1. The highest BCUT2D eigenvalue weighted by Crippen LogP contribution is 2.17. The molecule has 1 saturated heterocycles. The first-order valence-corrected chi connectivity index (χ1v) is 8.79. The number of hydrogen-bond donors (Lipinski definition) is 1. The molecule has 1 atom stereocenters. The van der Waals surface area contributed by atoms with Gasteiger partial charge in [-0.25, -0.2) is 8.78 Å². The van der Waals surface area contributed by atoms with Crippen LogP contribution in [0.2, 0.25) is 0 Å². The molecular formula is C20H23F2N3O. The Morgan fingerprint density at radius 3 is 2.08 bits per heavy atom. The Morgan fingerprint density at radius 2 is 1.50 bits per heavy atom. The first-order chi connectivity index (χ1) is 12.5. The van der Waals surface area contributed by atoms with E-state index in [9.17, 15) is 13.6 Å². The first kappa shape index (κ1) is 18.3. The van der Waals surface area contributed by atoms with Crippen LogP contribution in [0.3, 0.4) is 0 Å². The molecule has 0 saturated carbocycles. The molecule has 1 fully saturated rings. The van der Waals surface area contributed by atoms with E-state index in [-0.39, 0.29) is 23.6 Å². The summed E-state index contributed by atoms with van der Waals surface area (Å²) in [5.74, 6) is -0.559. The zero-order valence-electron chi connectivity index (χ0n) is 14.8. The van der Waals surface area contributed by atoms with Crippen LogP contribution >= 0.6 is 0 Å². The second kappa shape index (κ2) is 8.27. The minimum Gasteiger partial charge on any atom is -0.369 e. The molecular weight excluding hydrogens is 336 g/mol. The smallest absolute Gasteiger partial charge is 0.237 e. The quantitative estimate of drug-likeness (QED) is 0.892. The number of nitrogens with zero attached hydrogens (tertiary/aromatic N) is 2. The second-order valence-corrected chi connectivity index (χ2v) is 6.52. The highest BCUT2D eigenvalue weighted by Gasteiger charge is 2.25. The fourth-order valence-electron chi connectivity index (χ4n) is 3.12. The number of benzene rings is 2. The summed E-state index contributed by atoms with van der Waals surface area (Å²) in [6.45, 7) is 5.40. The van der Waals surface area contributed by atoms with Gasteiger partial charge in [-0.05, 0) is 48.9 Å². The number of carbonyl (C=O) groups is 1. The van der Waals surface area contributed by atoms with Gasteiger partial charge in [0.15, 0.2) is 0 Å². The molecule has 1 aliphatic heterocycles. The van der Waals surface area contributed by atoms with Gasteiger partial charge in [0.1, 0.15) is 11.6 Å². The average molecular weight is 359 g/mol. The van der Waals surface area contributed by atoms with Crippen LogP contribution in [-0.4, -0.2) is 43.0 Å². The minimum atomic E-state index is -0.285. The Labute approximate surface area is 152 Å². The van der Waals surface area contributed by atoms with E-state index < -0.39 is 0 Å².